The number of nitrogens with one attached hydrogen (secondary N) is 1. The minimum atomic E-state index is -4.02. The highest BCUT2D eigenvalue weighted by Crippen LogP contribution is 2.55. The topological polar surface area (TPSA) is 170 Å². The quantitative estimate of drug-likeness (QED) is 0.179. The lowest BCUT2D eigenvalue weighted by Crippen LogP contribution is -2.33. The Balaban J connectivity index is 1.65. The van der Waals surface area contributed by atoms with E-state index in [0.29, 0.717) is 11.9 Å². The molecule has 15 heteroatoms. The highest BCUT2D eigenvalue weighted by Gasteiger charge is 2.44. The Kier molecular flexibility index (Phi) is 9.98. The van der Waals surface area contributed by atoms with Crippen molar-refractivity contribution in [1.82, 2.24) is 19.5 Å². The van der Waals surface area contributed by atoms with Crippen LogP contribution >= 0.6 is 19.4 Å². The smallest absolute Gasteiger partial charge is 0.394 e. The summed E-state index contributed by atoms with van der Waals surface area (Å²) in [7, 11) is -4.02. The number of imidazole rings is 1. The standard InChI is InChI=1S/C27H39ClN5O8P/c1-26(2,3)40-42(37,41-27(4,5)6)38-14-17(12-16-10-8-7-9-11-16)30-22-19-23(32-25(28)31-22)33(15-29-19)24-21(36)20(35)18(13-34)39-24/h7-11,15,17-18,20-21,24,34-36H,12-14H2,1-6H3,(H,30,31,32)/t17?,18-,20-,21-,24-/m1/s1. The van der Waals surface area contributed by atoms with Gasteiger partial charge < -0.3 is 25.4 Å². The van der Waals surface area contributed by atoms with E-state index in [1.807, 2.05) is 30.3 Å². The fraction of sp³-hybridized carbons (Fsp3) is 0.593. The largest absolute Gasteiger partial charge is 0.475 e. The molecule has 1 aliphatic heterocycles. The molecule has 3 aromatic rings. The van der Waals surface area contributed by atoms with Crippen molar-refractivity contribution in [2.45, 2.75) is 89.7 Å². The summed E-state index contributed by atoms with van der Waals surface area (Å²) < 4.78 is 38.3. The predicted molar refractivity (Wildman–Crippen MR) is 156 cm³/mol. The number of halogens is 1. The summed E-state index contributed by atoms with van der Waals surface area (Å²) >= 11 is 6.31. The van der Waals surface area contributed by atoms with Gasteiger partial charge in [-0.1, -0.05) is 30.3 Å². The summed E-state index contributed by atoms with van der Waals surface area (Å²) in [5.41, 5.74) is -0.120. The summed E-state index contributed by atoms with van der Waals surface area (Å²) in [5.74, 6) is 0.253. The van der Waals surface area contributed by atoms with Gasteiger partial charge in [0.05, 0.1) is 36.8 Å². The lowest BCUT2D eigenvalue weighted by atomic mass is 10.1. The van der Waals surface area contributed by atoms with Gasteiger partial charge in [-0.15, -0.1) is 0 Å². The van der Waals surface area contributed by atoms with Crippen LogP contribution in [0.25, 0.3) is 11.2 Å². The maximum Gasteiger partial charge on any atom is 0.475 e. The zero-order chi connectivity index (χ0) is 30.9. The van der Waals surface area contributed by atoms with Crippen LogP contribution in [0.5, 0.6) is 0 Å². The van der Waals surface area contributed by atoms with Gasteiger partial charge in [0.25, 0.3) is 0 Å². The van der Waals surface area contributed by atoms with E-state index in [1.54, 1.807) is 41.5 Å². The first-order chi connectivity index (χ1) is 19.6. The van der Waals surface area contributed by atoms with Gasteiger partial charge in [-0.2, -0.15) is 9.97 Å². The molecule has 0 spiro atoms. The molecular weight excluding hydrogens is 589 g/mol. The molecule has 13 nitrogen and oxygen atoms in total. The predicted octanol–water partition coefficient (Wildman–Crippen LogP) is 3.87. The monoisotopic (exact) mass is 627 g/mol. The van der Waals surface area contributed by atoms with Gasteiger partial charge in [-0.3, -0.25) is 18.1 Å². The minimum Gasteiger partial charge on any atom is -0.394 e. The average Bonchev–Trinajstić information content (AvgIpc) is 3.41. The van der Waals surface area contributed by atoms with Crippen LogP contribution in [0, 0.1) is 0 Å². The summed E-state index contributed by atoms with van der Waals surface area (Å²) in [6.45, 7) is 9.99. The molecule has 2 aromatic heterocycles. The van der Waals surface area contributed by atoms with E-state index in [9.17, 15) is 19.9 Å². The average molecular weight is 628 g/mol. The number of aromatic nitrogens is 4. The van der Waals surface area contributed by atoms with Crippen LogP contribution in [0.1, 0.15) is 53.3 Å². The molecule has 5 atom stereocenters. The van der Waals surface area contributed by atoms with Crippen LogP contribution in [0.4, 0.5) is 5.82 Å². The lowest BCUT2D eigenvalue weighted by molar-refractivity contribution is -0.0511. The van der Waals surface area contributed by atoms with Crippen molar-refractivity contribution in [1.29, 1.82) is 0 Å². The van der Waals surface area contributed by atoms with Crippen molar-refractivity contribution in [3.05, 3.63) is 47.5 Å². The zero-order valence-electron chi connectivity index (χ0n) is 24.5. The van der Waals surface area contributed by atoms with Crippen molar-refractivity contribution < 1.29 is 38.2 Å². The molecule has 3 heterocycles. The van der Waals surface area contributed by atoms with Crippen LogP contribution in [-0.2, 0) is 29.3 Å². The Hall–Kier alpha value is -2.19. The van der Waals surface area contributed by atoms with Gasteiger partial charge in [-0.05, 0) is 65.1 Å². The first-order valence-corrected chi connectivity index (χ1v) is 15.4. The molecular formula is C27H39ClN5O8P. The van der Waals surface area contributed by atoms with Gasteiger partial charge in [-0.25, -0.2) is 9.55 Å². The number of aliphatic hydroxyl groups is 3. The van der Waals surface area contributed by atoms with Gasteiger partial charge in [0.2, 0.25) is 5.28 Å². The number of benzene rings is 1. The number of phosphoric ester groups is 1. The molecule has 4 N–H and O–H groups in total. The summed E-state index contributed by atoms with van der Waals surface area (Å²) in [6.07, 6.45) is -2.88. The van der Waals surface area contributed by atoms with Gasteiger partial charge >= 0.3 is 7.82 Å². The van der Waals surface area contributed by atoms with Crippen molar-refractivity contribution in [3.8, 4) is 0 Å². The molecule has 0 saturated carbocycles. The Morgan fingerprint density at radius 2 is 1.71 bits per heavy atom. The Bertz CT molecular complexity index is 1380. The van der Waals surface area contributed by atoms with E-state index in [4.69, 9.17) is 29.9 Å². The van der Waals surface area contributed by atoms with Crippen LogP contribution in [0.3, 0.4) is 0 Å². The molecule has 42 heavy (non-hydrogen) atoms. The molecule has 4 rings (SSSR count). The minimum absolute atomic E-state index is 0.100. The van der Waals surface area contributed by atoms with E-state index < -0.39 is 56.2 Å². The number of aliphatic hydroxyl groups excluding tert-OH is 3. The molecule has 0 amide bonds. The molecule has 0 bridgehead atoms. The lowest BCUT2D eigenvalue weighted by Gasteiger charge is -2.32. The van der Waals surface area contributed by atoms with Crippen molar-refractivity contribution in [2.75, 3.05) is 18.5 Å². The van der Waals surface area contributed by atoms with Crippen LogP contribution in [-0.4, -0.2) is 83.6 Å². The molecule has 1 fully saturated rings. The number of fused-ring (bicyclic) bond motifs is 1. The fourth-order valence-electron chi connectivity index (χ4n) is 4.45. The van der Waals surface area contributed by atoms with Crippen LogP contribution in [0.15, 0.2) is 36.7 Å². The van der Waals surface area contributed by atoms with E-state index in [-0.39, 0.29) is 23.4 Å². The SMILES string of the molecule is CC(C)(C)OP(=O)(OCC(Cc1ccccc1)Nc1nc(Cl)nc2c1ncn2[C@@H]1O[C@H](CO)[C@@H](O)[C@H]1O)OC(C)(C)C. The molecule has 0 aliphatic carbocycles. The second kappa shape index (κ2) is 12.8. The van der Waals surface area contributed by atoms with Gasteiger partial charge in [0.1, 0.15) is 18.3 Å². The van der Waals surface area contributed by atoms with Crippen LogP contribution < -0.4 is 5.32 Å². The third-order valence-corrected chi connectivity index (χ3v) is 8.23. The second-order valence-corrected chi connectivity index (χ2v) is 13.9. The summed E-state index contributed by atoms with van der Waals surface area (Å²) in [6, 6.07) is 9.11. The molecule has 1 unspecified atom stereocenters. The zero-order valence-corrected chi connectivity index (χ0v) is 26.1. The summed E-state index contributed by atoms with van der Waals surface area (Å²) in [5, 5.41) is 33.5. The van der Waals surface area contributed by atoms with E-state index in [1.165, 1.54) is 10.9 Å². The number of phosphoric acid groups is 1. The Morgan fingerprint density at radius 1 is 1.07 bits per heavy atom. The van der Waals surface area contributed by atoms with Crippen molar-refractivity contribution in [3.63, 3.8) is 0 Å². The number of anilines is 1. The number of nitrogens with zero attached hydrogens (tertiary/aromatic N) is 4. The number of hydrogen-bond acceptors (Lipinski definition) is 12. The maximum atomic E-state index is 13.7. The first kappa shape index (κ1) is 32.7. The summed E-state index contributed by atoms with van der Waals surface area (Å²) in [4.78, 5) is 13.0. The molecule has 0 radical (unpaired) electrons. The van der Waals surface area contributed by atoms with Crippen molar-refractivity contribution in [2.24, 2.45) is 0 Å². The van der Waals surface area contributed by atoms with E-state index >= 15 is 0 Å². The maximum absolute atomic E-state index is 13.7. The highest BCUT2D eigenvalue weighted by atomic mass is 35.5. The highest BCUT2D eigenvalue weighted by molar-refractivity contribution is 7.48. The molecule has 1 aromatic carbocycles. The molecule has 232 valence electrons. The Morgan fingerprint density at radius 3 is 2.29 bits per heavy atom. The molecule has 1 saturated heterocycles. The molecule has 1 aliphatic rings. The number of rotatable bonds is 11. The van der Waals surface area contributed by atoms with E-state index in [2.05, 4.69) is 20.3 Å². The Labute approximate surface area is 249 Å². The van der Waals surface area contributed by atoms with Gasteiger partial charge in [0.15, 0.2) is 23.2 Å². The normalized spacial score (nSPS) is 22.5. The second-order valence-electron chi connectivity index (χ2n) is 12.1. The van der Waals surface area contributed by atoms with Crippen molar-refractivity contribution >= 4 is 36.4 Å². The first-order valence-electron chi connectivity index (χ1n) is 13.6. The fourth-order valence-corrected chi connectivity index (χ4v) is 6.47. The third-order valence-electron chi connectivity index (χ3n) is 6.06. The third kappa shape index (κ3) is 8.25. The van der Waals surface area contributed by atoms with E-state index in [0.717, 1.165) is 5.56 Å². The van der Waals surface area contributed by atoms with Crippen LogP contribution in [0.2, 0.25) is 5.28 Å². The number of ether oxygens (including phenoxy) is 1. The number of hydrogen-bond donors (Lipinski definition) is 4. The van der Waals surface area contributed by atoms with Gasteiger partial charge in [0, 0.05) is 0 Å².